The highest BCUT2D eigenvalue weighted by molar-refractivity contribution is 5.78. The molecule has 9 heavy (non-hydrogen) atoms. The second kappa shape index (κ2) is 5.15. The Morgan fingerprint density at radius 2 is 2.22 bits per heavy atom. The van der Waals surface area contributed by atoms with Gasteiger partial charge in [0.15, 0.2) is 0 Å². The maximum Gasteiger partial charge on any atom is 0.119 e. The van der Waals surface area contributed by atoms with E-state index in [2.05, 4.69) is 15.8 Å². The van der Waals surface area contributed by atoms with Gasteiger partial charge in [0.1, 0.15) is 5.84 Å². The summed E-state index contributed by atoms with van der Waals surface area (Å²) in [6.07, 6.45) is 3.65. The van der Waals surface area contributed by atoms with E-state index in [0.717, 1.165) is 5.84 Å². The molecule has 0 aromatic carbocycles. The number of nitrogens with one attached hydrogen (secondary N) is 2. The van der Waals surface area contributed by atoms with E-state index in [1.54, 1.807) is 6.20 Å². The van der Waals surface area contributed by atoms with E-state index >= 15 is 0 Å². The van der Waals surface area contributed by atoms with Crippen molar-refractivity contribution in [3.63, 3.8) is 0 Å². The molecule has 2 N–H and O–H groups in total. The van der Waals surface area contributed by atoms with Gasteiger partial charge in [0, 0.05) is 13.2 Å². The van der Waals surface area contributed by atoms with E-state index in [4.69, 9.17) is 0 Å². The average molecular weight is 127 g/mol. The van der Waals surface area contributed by atoms with Gasteiger partial charge in [0.2, 0.25) is 0 Å². The number of hydrogen-bond acceptors (Lipinski definition) is 2. The Labute approximate surface area is 55.8 Å². The fraction of sp³-hybridized carbons (Fsp3) is 0.500. The van der Waals surface area contributed by atoms with Crippen molar-refractivity contribution in [2.75, 3.05) is 7.05 Å². The van der Waals surface area contributed by atoms with Gasteiger partial charge in [0.05, 0.1) is 0 Å². The van der Waals surface area contributed by atoms with Gasteiger partial charge >= 0.3 is 0 Å². The van der Waals surface area contributed by atoms with E-state index in [1.165, 1.54) is 0 Å². The monoisotopic (exact) mass is 127 g/mol. The van der Waals surface area contributed by atoms with Gasteiger partial charge in [-0.1, -0.05) is 6.08 Å². The van der Waals surface area contributed by atoms with Crippen molar-refractivity contribution in [3.05, 3.63) is 12.3 Å². The van der Waals surface area contributed by atoms with Crippen LogP contribution in [0.5, 0.6) is 0 Å². The third-order valence-corrected chi connectivity index (χ3v) is 0.835. The average Bonchev–Trinajstić information content (AvgIpc) is 1.89. The summed E-state index contributed by atoms with van der Waals surface area (Å²) in [6, 6.07) is 0. The van der Waals surface area contributed by atoms with Crippen molar-refractivity contribution >= 4 is 5.84 Å². The second-order valence-corrected chi connectivity index (χ2v) is 1.58. The van der Waals surface area contributed by atoms with Crippen LogP contribution in [-0.4, -0.2) is 12.9 Å². The van der Waals surface area contributed by atoms with Crippen LogP contribution in [-0.2, 0) is 0 Å². The summed E-state index contributed by atoms with van der Waals surface area (Å²) >= 11 is 0. The fourth-order valence-corrected chi connectivity index (χ4v) is 0.265. The van der Waals surface area contributed by atoms with Crippen molar-refractivity contribution in [1.82, 2.24) is 10.7 Å². The molecular weight excluding hydrogens is 114 g/mol. The zero-order chi connectivity index (χ0) is 7.11. The summed E-state index contributed by atoms with van der Waals surface area (Å²) in [5.41, 5.74) is 2.73. The minimum Gasteiger partial charge on any atom is -0.375 e. The Morgan fingerprint density at radius 3 is 2.67 bits per heavy atom. The van der Waals surface area contributed by atoms with E-state index < -0.39 is 0 Å². The summed E-state index contributed by atoms with van der Waals surface area (Å²) in [5.74, 6) is 0.869. The van der Waals surface area contributed by atoms with E-state index in [9.17, 15) is 0 Å². The van der Waals surface area contributed by atoms with Gasteiger partial charge in [-0.2, -0.15) is 5.10 Å². The van der Waals surface area contributed by atoms with Crippen LogP contribution >= 0.6 is 0 Å². The topological polar surface area (TPSA) is 36.4 Å². The molecule has 0 bridgehead atoms. The molecule has 0 rings (SSSR count). The maximum atomic E-state index is 3.90. The van der Waals surface area contributed by atoms with Crippen LogP contribution in [0.15, 0.2) is 17.4 Å². The third-order valence-electron chi connectivity index (χ3n) is 0.835. The van der Waals surface area contributed by atoms with E-state index in [-0.39, 0.29) is 0 Å². The fourth-order valence-electron chi connectivity index (χ4n) is 0.265. The number of rotatable bonds is 2. The Kier molecular flexibility index (Phi) is 4.59. The minimum absolute atomic E-state index is 0.869. The Hall–Kier alpha value is -0.990. The third kappa shape index (κ3) is 4.87. The Balaban J connectivity index is 3.43. The number of allylic oxidation sites excluding steroid dienone is 1. The molecule has 0 atom stereocenters. The van der Waals surface area contributed by atoms with Crippen LogP contribution in [0.2, 0.25) is 0 Å². The first kappa shape index (κ1) is 8.01. The molecular formula is C6H13N3. The molecule has 52 valence electrons. The number of nitrogens with zero attached hydrogens (tertiary/aromatic N) is 1. The molecule has 0 amide bonds. The summed E-state index contributed by atoms with van der Waals surface area (Å²) in [7, 11) is 1.83. The van der Waals surface area contributed by atoms with Crippen molar-refractivity contribution < 1.29 is 0 Å². The molecule has 0 saturated carbocycles. The minimum atomic E-state index is 0.869. The summed E-state index contributed by atoms with van der Waals surface area (Å²) < 4.78 is 0. The largest absolute Gasteiger partial charge is 0.375 e. The molecule has 0 aliphatic rings. The zero-order valence-corrected chi connectivity index (χ0v) is 6.10. The smallest absolute Gasteiger partial charge is 0.119 e. The molecule has 0 aliphatic carbocycles. The highest BCUT2D eigenvalue weighted by atomic mass is 15.3. The lowest BCUT2D eigenvalue weighted by Gasteiger charge is -1.95. The molecule has 0 spiro atoms. The molecule has 3 heteroatoms. The van der Waals surface area contributed by atoms with Gasteiger partial charge in [-0.25, -0.2) is 0 Å². The first-order valence-electron chi connectivity index (χ1n) is 2.90. The standard InChI is InChI=1S/C6H13N3/c1-4-5-8-9-6(2)7-3/h4-5,8H,1-3H3,(H,7,9)/b5-4+. The van der Waals surface area contributed by atoms with Crippen LogP contribution in [0.25, 0.3) is 0 Å². The van der Waals surface area contributed by atoms with Crippen LogP contribution in [0, 0.1) is 0 Å². The van der Waals surface area contributed by atoms with Crippen LogP contribution in [0.3, 0.4) is 0 Å². The molecule has 0 aromatic heterocycles. The molecule has 0 aliphatic heterocycles. The number of amidine groups is 1. The lowest BCUT2D eigenvalue weighted by Crippen LogP contribution is -2.16. The Bertz CT molecular complexity index is 115. The van der Waals surface area contributed by atoms with Crippen molar-refractivity contribution in [2.24, 2.45) is 5.10 Å². The number of hydrazone groups is 1. The predicted octanol–water partition coefficient (Wildman–Crippen LogP) is 0.662. The molecule has 0 heterocycles. The predicted molar refractivity (Wildman–Crippen MR) is 40.1 cm³/mol. The van der Waals surface area contributed by atoms with Crippen molar-refractivity contribution in [1.29, 1.82) is 0 Å². The summed E-state index contributed by atoms with van der Waals surface area (Å²) in [5, 5.41) is 6.78. The maximum absolute atomic E-state index is 3.90. The first-order chi connectivity index (χ1) is 4.31. The second-order valence-electron chi connectivity index (χ2n) is 1.58. The summed E-state index contributed by atoms with van der Waals surface area (Å²) in [6.45, 7) is 3.81. The zero-order valence-electron chi connectivity index (χ0n) is 6.10. The van der Waals surface area contributed by atoms with Gasteiger partial charge < -0.3 is 5.32 Å². The molecule has 0 aromatic rings. The molecule has 0 saturated heterocycles. The molecule has 0 unspecified atom stereocenters. The summed E-state index contributed by atoms with van der Waals surface area (Å²) in [4.78, 5) is 0. The van der Waals surface area contributed by atoms with Crippen LogP contribution in [0.4, 0.5) is 0 Å². The van der Waals surface area contributed by atoms with Gasteiger partial charge in [-0.15, -0.1) is 0 Å². The highest BCUT2D eigenvalue weighted by Gasteiger charge is 1.76. The normalized spacial score (nSPS) is 12.1. The van der Waals surface area contributed by atoms with Crippen molar-refractivity contribution in [3.8, 4) is 0 Å². The molecule has 0 fully saturated rings. The van der Waals surface area contributed by atoms with Gasteiger partial charge in [-0.05, 0) is 13.8 Å². The first-order valence-corrected chi connectivity index (χ1v) is 2.90. The van der Waals surface area contributed by atoms with Crippen molar-refractivity contribution in [2.45, 2.75) is 13.8 Å². The lowest BCUT2D eigenvalue weighted by atomic mass is 10.7. The Morgan fingerprint density at radius 1 is 1.56 bits per heavy atom. The van der Waals surface area contributed by atoms with Crippen LogP contribution in [0.1, 0.15) is 13.8 Å². The van der Waals surface area contributed by atoms with Crippen LogP contribution < -0.4 is 10.7 Å². The number of hydrogen-bond donors (Lipinski definition) is 2. The lowest BCUT2D eigenvalue weighted by molar-refractivity contribution is 0.936. The highest BCUT2D eigenvalue weighted by Crippen LogP contribution is 1.66. The van der Waals surface area contributed by atoms with Gasteiger partial charge in [-0.3, -0.25) is 5.43 Å². The SMILES string of the molecule is C/C=C/N/N=C(/C)NC. The van der Waals surface area contributed by atoms with E-state index in [1.807, 2.05) is 27.0 Å². The van der Waals surface area contributed by atoms with Gasteiger partial charge in [0.25, 0.3) is 0 Å². The molecule has 0 radical (unpaired) electrons. The van der Waals surface area contributed by atoms with E-state index in [0.29, 0.717) is 0 Å². The molecule has 3 nitrogen and oxygen atoms in total. The quantitative estimate of drug-likeness (QED) is 0.325.